The van der Waals surface area contributed by atoms with Gasteiger partial charge in [0.2, 0.25) is 5.91 Å². The summed E-state index contributed by atoms with van der Waals surface area (Å²) in [5.74, 6) is 0.799. The lowest BCUT2D eigenvalue weighted by molar-refractivity contribution is -0.119. The lowest BCUT2D eigenvalue weighted by Gasteiger charge is -2.36. The van der Waals surface area contributed by atoms with Gasteiger partial charge in [0.15, 0.2) is 0 Å². The molecule has 42 heavy (non-hydrogen) atoms. The first-order chi connectivity index (χ1) is 20.7. The lowest BCUT2D eigenvalue weighted by Crippen LogP contribution is -2.47. The van der Waals surface area contributed by atoms with Crippen LogP contribution in [0.3, 0.4) is 0 Å². The first kappa shape index (κ1) is 26.9. The third-order valence-corrected chi connectivity index (χ3v) is 8.55. The minimum Gasteiger partial charge on any atom is -0.394 e. The number of carbonyl (C=O) groups is 1. The molecule has 218 valence electrons. The molecule has 1 aromatic heterocycles. The van der Waals surface area contributed by atoms with Crippen LogP contribution < -0.4 is 15.5 Å². The number of aliphatic hydroxyl groups excluding tert-OH is 1. The molecule has 3 aliphatic rings. The molecule has 2 fully saturated rings. The van der Waals surface area contributed by atoms with Crippen LogP contribution in [0.15, 0.2) is 66.7 Å². The average molecular weight is 567 g/mol. The number of aliphatic hydroxyl groups is 1. The van der Waals surface area contributed by atoms with Crippen molar-refractivity contribution in [3.63, 3.8) is 0 Å². The van der Waals surface area contributed by atoms with E-state index in [0.717, 1.165) is 77.8 Å². The number of nitrogens with one attached hydrogen (secondary N) is 2. The van der Waals surface area contributed by atoms with Crippen LogP contribution >= 0.6 is 0 Å². The highest BCUT2D eigenvalue weighted by Crippen LogP contribution is 2.40. The number of hydrogen-bond acceptors (Lipinski definition) is 7. The Balaban J connectivity index is 1.22. The van der Waals surface area contributed by atoms with Crippen LogP contribution in [0.5, 0.6) is 0 Å². The van der Waals surface area contributed by atoms with Crippen LogP contribution in [0.1, 0.15) is 24.4 Å². The molecule has 1 saturated heterocycles. The monoisotopic (exact) mass is 566 g/mol. The van der Waals surface area contributed by atoms with E-state index in [4.69, 9.17) is 14.8 Å². The first-order valence-corrected chi connectivity index (χ1v) is 15.1. The fourth-order valence-electron chi connectivity index (χ4n) is 6.13. The summed E-state index contributed by atoms with van der Waals surface area (Å²) in [6.45, 7) is 5.76. The maximum absolute atomic E-state index is 13.8. The Kier molecular flexibility index (Phi) is 7.54. The highest BCUT2D eigenvalue weighted by atomic mass is 16.5. The zero-order valence-electron chi connectivity index (χ0n) is 23.8. The number of nitrogens with zero attached hydrogens (tertiary/aromatic N) is 4. The van der Waals surface area contributed by atoms with E-state index in [1.54, 1.807) is 0 Å². The first-order valence-electron chi connectivity index (χ1n) is 15.1. The van der Waals surface area contributed by atoms with Crippen molar-refractivity contribution in [2.24, 2.45) is 0 Å². The molecular weight excluding hydrogens is 528 g/mol. The molecule has 9 heteroatoms. The molecule has 0 spiro atoms. The van der Waals surface area contributed by atoms with Crippen molar-refractivity contribution in [3.05, 3.63) is 72.3 Å². The second-order valence-corrected chi connectivity index (χ2v) is 11.5. The van der Waals surface area contributed by atoms with E-state index in [9.17, 15) is 4.79 Å². The maximum atomic E-state index is 13.8. The molecule has 3 aromatic carbocycles. The summed E-state index contributed by atoms with van der Waals surface area (Å²) >= 11 is 0. The lowest BCUT2D eigenvalue weighted by atomic mass is 10.0. The van der Waals surface area contributed by atoms with Gasteiger partial charge in [-0.2, -0.15) is 0 Å². The van der Waals surface area contributed by atoms with Crippen LogP contribution in [0.4, 0.5) is 17.1 Å². The number of benzene rings is 3. The number of imidazole rings is 1. The molecule has 1 amide bonds. The largest absolute Gasteiger partial charge is 0.394 e. The van der Waals surface area contributed by atoms with E-state index >= 15 is 0 Å². The summed E-state index contributed by atoms with van der Waals surface area (Å²) in [5, 5.41) is 15.7. The van der Waals surface area contributed by atoms with Crippen LogP contribution in [0, 0.1) is 0 Å². The predicted molar refractivity (Wildman–Crippen MR) is 166 cm³/mol. The van der Waals surface area contributed by atoms with Gasteiger partial charge in [0, 0.05) is 62.1 Å². The van der Waals surface area contributed by atoms with Crippen molar-refractivity contribution in [2.75, 3.05) is 68.1 Å². The Morgan fingerprint density at radius 3 is 2.60 bits per heavy atom. The highest BCUT2D eigenvalue weighted by Gasteiger charge is 2.32. The van der Waals surface area contributed by atoms with Gasteiger partial charge in [-0.15, -0.1) is 0 Å². The van der Waals surface area contributed by atoms with Gasteiger partial charge < -0.3 is 29.9 Å². The number of amides is 1. The summed E-state index contributed by atoms with van der Waals surface area (Å²) in [4.78, 5) is 23.8. The number of carbonyl (C=O) groups excluding carboxylic acids is 1. The number of anilines is 3. The van der Waals surface area contributed by atoms with E-state index in [0.29, 0.717) is 25.7 Å². The van der Waals surface area contributed by atoms with Gasteiger partial charge in [0.05, 0.1) is 36.5 Å². The molecule has 1 atom stereocenters. The Bertz CT molecular complexity index is 1560. The highest BCUT2D eigenvalue weighted by molar-refractivity contribution is 6.02. The summed E-state index contributed by atoms with van der Waals surface area (Å²) < 4.78 is 7.60. The predicted octanol–water partition coefficient (Wildman–Crippen LogP) is 4.14. The van der Waals surface area contributed by atoms with Crippen molar-refractivity contribution in [1.29, 1.82) is 0 Å². The number of fused-ring (bicyclic) bond motifs is 5. The van der Waals surface area contributed by atoms with Crippen molar-refractivity contribution in [3.8, 4) is 11.4 Å². The van der Waals surface area contributed by atoms with Crippen LogP contribution in [0.2, 0.25) is 0 Å². The van der Waals surface area contributed by atoms with E-state index in [1.165, 1.54) is 12.8 Å². The molecular formula is C33H38N6O3. The molecule has 2 aliphatic heterocycles. The average Bonchev–Trinajstić information content (AvgIpc) is 3.78. The Labute approximate surface area is 246 Å². The summed E-state index contributed by atoms with van der Waals surface area (Å²) in [6.07, 6.45) is 2.97. The third-order valence-electron chi connectivity index (χ3n) is 8.55. The zero-order valence-corrected chi connectivity index (χ0v) is 23.8. The van der Waals surface area contributed by atoms with Gasteiger partial charge >= 0.3 is 0 Å². The van der Waals surface area contributed by atoms with Crippen molar-refractivity contribution in [1.82, 2.24) is 14.5 Å². The zero-order chi connectivity index (χ0) is 28.5. The number of aromatic nitrogens is 2. The molecule has 0 radical (unpaired) electrons. The van der Waals surface area contributed by atoms with Gasteiger partial charge in [0.25, 0.3) is 0 Å². The van der Waals surface area contributed by atoms with Gasteiger partial charge in [-0.05, 0) is 54.8 Å². The Morgan fingerprint density at radius 1 is 0.976 bits per heavy atom. The van der Waals surface area contributed by atoms with E-state index in [2.05, 4.69) is 67.5 Å². The van der Waals surface area contributed by atoms with E-state index in [1.807, 2.05) is 24.3 Å². The van der Waals surface area contributed by atoms with Gasteiger partial charge in [0.1, 0.15) is 11.9 Å². The summed E-state index contributed by atoms with van der Waals surface area (Å²) in [5.41, 5.74) is 6.95. The molecule has 4 aromatic rings. The summed E-state index contributed by atoms with van der Waals surface area (Å²) in [6, 6.07) is 23.0. The Morgan fingerprint density at radius 2 is 1.81 bits per heavy atom. The quantitative estimate of drug-likeness (QED) is 0.248. The van der Waals surface area contributed by atoms with Crippen LogP contribution in [-0.2, 0) is 16.0 Å². The molecule has 1 unspecified atom stereocenters. The van der Waals surface area contributed by atoms with Crippen LogP contribution in [0.25, 0.3) is 22.4 Å². The SMILES string of the molecule is O=C1Nc2ccc(NC3CC3)cc2-c2nc3cc(N4CCN(CCOCCO)CC4)ccc3n2C1Cc1ccccc1. The molecule has 1 aliphatic carbocycles. The smallest absolute Gasteiger partial charge is 0.247 e. The topological polar surface area (TPSA) is 94.9 Å². The van der Waals surface area contributed by atoms with Crippen molar-refractivity contribution >= 4 is 34.0 Å². The standard InChI is InChI=1S/C33H38N6O3/c40-17-19-42-18-16-37-12-14-38(15-13-37)26-9-11-30-29(22-26)35-32-27-21-25(34-24-6-7-24)8-10-28(27)36-33(41)31(39(30)32)20-23-4-2-1-3-5-23/h1-5,8-11,21-22,24,31,34,40H,6-7,12-20H2,(H,36,41). The molecule has 9 nitrogen and oxygen atoms in total. The molecule has 3 heterocycles. The maximum Gasteiger partial charge on any atom is 0.247 e. The fourth-order valence-corrected chi connectivity index (χ4v) is 6.13. The molecule has 1 saturated carbocycles. The van der Waals surface area contributed by atoms with Crippen LogP contribution in [-0.4, -0.2) is 84.1 Å². The van der Waals surface area contributed by atoms with Crippen molar-refractivity contribution < 1.29 is 14.6 Å². The normalized spacial score (nSPS) is 18.8. The van der Waals surface area contributed by atoms with Crippen molar-refractivity contribution in [2.45, 2.75) is 31.3 Å². The van der Waals surface area contributed by atoms with Gasteiger partial charge in [-0.25, -0.2) is 4.98 Å². The summed E-state index contributed by atoms with van der Waals surface area (Å²) in [7, 11) is 0. The second kappa shape index (κ2) is 11.8. The number of rotatable bonds is 10. The number of hydrogen-bond donors (Lipinski definition) is 3. The fraction of sp³-hybridized carbons (Fsp3) is 0.394. The molecule has 7 rings (SSSR count). The number of piperazine rings is 1. The Hall–Kier alpha value is -3.92. The minimum absolute atomic E-state index is 0.0239. The minimum atomic E-state index is -0.429. The van der Waals surface area contributed by atoms with Gasteiger partial charge in [-0.3, -0.25) is 9.69 Å². The molecule has 3 N–H and O–H groups in total. The van der Waals surface area contributed by atoms with E-state index < -0.39 is 6.04 Å². The molecule has 0 bridgehead atoms. The van der Waals surface area contributed by atoms with E-state index in [-0.39, 0.29) is 12.5 Å². The second-order valence-electron chi connectivity index (χ2n) is 11.5. The number of ether oxygens (including phenoxy) is 1. The third kappa shape index (κ3) is 5.60. The van der Waals surface area contributed by atoms with Gasteiger partial charge in [-0.1, -0.05) is 30.3 Å².